The fourth-order valence-electron chi connectivity index (χ4n) is 4.55. The van der Waals surface area contributed by atoms with E-state index in [-0.39, 0.29) is 18.2 Å². The van der Waals surface area contributed by atoms with E-state index in [1.165, 1.54) is 0 Å². The van der Waals surface area contributed by atoms with E-state index in [0.717, 1.165) is 52.6 Å². The molecule has 32 heavy (non-hydrogen) atoms. The van der Waals surface area contributed by atoms with E-state index in [4.69, 9.17) is 4.98 Å². The summed E-state index contributed by atoms with van der Waals surface area (Å²) in [7, 11) is 0. The molecule has 1 saturated heterocycles. The molecule has 3 amide bonds. The predicted octanol–water partition coefficient (Wildman–Crippen LogP) is 3.65. The highest BCUT2D eigenvalue weighted by atomic mass is 16.2. The number of hydrogen-bond acceptors (Lipinski definition) is 4. The quantitative estimate of drug-likeness (QED) is 0.627. The number of hydrogen-bond donors (Lipinski definition) is 2. The van der Waals surface area contributed by atoms with Gasteiger partial charge in [-0.1, -0.05) is 48.5 Å². The summed E-state index contributed by atoms with van der Waals surface area (Å²) >= 11 is 0. The number of rotatable bonds is 3. The second-order valence-electron chi connectivity index (χ2n) is 8.24. The molecule has 6 nitrogen and oxygen atoms in total. The molecule has 3 aromatic rings. The molecule has 0 bridgehead atoms. The Hall–Kier alpha value is -3.80. The molecular weight excluding hydrogens is 402 g/mol. The van der Waals surface area contributed by atoms with Crippen LogP contribution in [0.1, 0.15) is 52.9 Å². The number of nitrogens with one attached hydrogen (secondary N) is 2. The molecule has 2 heterocycles. The molecule has 0 radical (unpaired) electrons. The normalized spacial score (nSPS) is 19.5. The van der Waals surface area contributed by atoms with Crippen molar-refractivity contribution < 1.29 is 14.4 Å². The zero-order chi connectivity index (χ0) is 22.1. The SMILES string of the molecule is O=C1CCC(NC(=O)c2c3c(nc4ccccc24)C(=Cc2ccccc2)CCC3)C(=O)N1. The van der Waals surface area contributed by atoms with Gasteiger partial charge < -0.3 is 5.32 Å². The van der Waals surface area contributed by atoms with Crippen LogP contribution in [-0.2, 0) is 16.0 Å². The van der Waals surface area contributed by atoms with Gasteiger partial charge in [0.25, 0.3) is 5.91 Å². The average molecular weight is 425 g/mol. The lowest BCUT2D eigenvalue weighted by Crippen LogP contribution is -2.52. The second kappa shape index (κ2) is 8.38. The number of aromatic nitrogens is 1. The Kier molecular flexibility index (Phi) is 5.27. The maximum absolute atomic E-state index is 13.5. The van der Waals surface area contributed by atoms with Crippen LogP contribution in [0.4, 0.5) is 0 Å². The molecule has 2 N–H and O–H groups in total. The summed E-state index contributed by atoms with van der Waals surface area (Å²) in [6.45, 7) is 0. The lowest BCUT2D eigenvalue weighted by Gasteiger charge is -2.25. The highest BCUT2D eigenvalue weighted by molar-refractivity contribution is 6.11. The molecule has 6 heteroatoms. The Bertz CT molecular complexity index is 1260. The van der Waals surface area contributed by atoms with Crippen molar-refractivity contribution in [3.63, 3.8) is 0 Å². The van der Waals surface area contributed by atoms with E-state index in [1.54, 1.807) is 0 Å². The third-order valence-corrected chi connectivity index (χ3v) is 6.08. The molecule has 1 fully saturated rings. The molecular formula is C26H23N3O3. The van der Waals surface area contributed by atoms with E-state index in [1.807, 2.05) is 42.5 Å². The van der Waals surface area contributed by atoms with Gasteiger partial charge >= 0.3 is 0 Å². The lowest BCUT2D eigenvalue weighted by molar-refractivity contribution is -0.134. The van der Waals surface area contributed by atoms with Crippen LogP contribution in [0.15, 0.2) is 54.6 Å². The standard InChI is InChI=1S/C26H23N3O3/c30-22-14-13-21(25(31)29-22)28-26(32)23-18-10-4-5-12-20(18)27-24-17(9-6-11-19(23)24)15-16-7-2-1-3-8-16/h1-5,7-8,10,12,15,21H,6,9,11,13-14H2,(H,28,32)(H,29,30,31). The van der Waals surface area contributed by atoms with Gasteiger partial charge in [-0.2, -0.15) is 0 Å². The number of fused-ring (bicyclic) bond motifs is 2. The van der Waals surface area contributed by atoms with E-state index < -0.39 is 11.9 Å². The highest BCUT2D eigenvalue weighted by Gasteiger charge is 2.31. The van der Waals surface area contributed by atoms with Crippen LogP contribution < -0.4 is 10.6 Å². The summed E-state index contributed by atoms with van der Waals surface area (Å²) in [6, 6.07) is 17.0. The van der Waals surface area contributed by atoms with E-state index in [9.17, 15) is 14.4 Å². The first-order valence-corrected chi connectivity index (χ1v) is 10.9. The van der Waals surface area contributed by atoms with Gasteiger partial charge in [0.05, 0.1) is 16.8 Å². The van der Waals surface area contributed by atoms with Gasteiger partial charge in [-0.05, 0) is 54.5 Å². The molecule has 1 atom stereocenters. The van der Waals surface area contributed by atoms with Crippen LogP contribution in [0.25, 0.3) is 22.6 Å². The van der Waals surface area contributed by atoms with Gasteiger partial charge in [0.2, 0.25) is 11.8 Å². The maximum atomic E-state index is 13.5. The molecule has 1 aliphatic heterocycles. The average Bonchev–Trinajstić information content (AvgIpc) is 2.80. The fraction of sp³-hybridized carbons (Fsp3) is 0.231. The Morgan fingerprint density at radius 3 is 2.59 bits per heavy atom. The van der Waals surface area contributed by atoms with Crippen molar-refractivity contribution in [3.05, 3.63) is 77.0 Å². The van der Waals surface area contributed by atoms with Crippen molar-refractivity contribution in [3.8, 4) is 0 Å². The van der Waals surface area contributed by atoms with E-state index in [2.05, 4.69) is 28.8 Å². The number of carbonyl (C=O) groups excluding carboxylic acids is 3. The largest absolute Gasteiger partial charge is 0.340 e. The number of amides is 3. The predicted molar refractivity (Wildman–Crippen MR) is 123 cm³/mol. The van der Waals surface area contributed by atoms with Crippen molar-refractivity contribution in [2.45, 2.75) is 38.1 Å². The summed E-state index contributed by atoms with van der Waals surface area (Å²) in [4.78, 5) is 42.1. The number of pyridine rings is 1. The van der Waals surface area contributed by atoms with Crippen molar-refractivity contribution in [1.29, 1.82) is 0 Å². The summed E-state index contributed by atoms with van der Waals surface area (Å²) in [5.74, 6) is -1.05. The molecule has 0 saturated carbocycles. The number of para-hydroxylation sites is 1. The molecule has 160 valence electrons. The first-order valence-electron chi connectivity index (χ1n) is 10.9. The van der Waals surface area contributed by atoms with Gasteiger partial charge in [-0.25, -0.2) is 4.98 Å². The van der Waals surface area contributed by atoms with Crippen LogP contribution in [-0.4, -0.2) is 28.7 Å². The summed E-state index contributed by atoms with van der Waals surface area (Å²) in [5.41, 5.74) is 5.31. The number of carbonyl (C=O) groups is 3. The van der Waals surface area contributed by atoms with Crippen molar-refractivity contribution in [2.75, 3.05) is 0 Å². The topological polar surface area (TPSA) is 88.2 Å². The monoisotopic (exact) mass is 425 g/mol. The summed E-state index contributed by atoms with van der Waals surface area (Å²) in [5, 5.41) is 5.94. The number of benzene rings is 2. The third kappa shape index (κ3) is 3.80. The smallest absolute Gasteiger partial charge is 0.252 e. The number of piperidine rings is 1. The van der Waals surface area contributed by atoms with Crippen LogP contribution in [0.2, 0.25) is 0 Å². The summed E-state index contributed by atoms with van der Waals surface area (Å²) in [6.07, 6.45) is 5.22. The maximum Gasteiger partial charge on any atom is 0.252 e. The molecule has 1 unspecified atom stereocenters. The van der Waals surface area contributed by atoms with Crippen LogP contribution in [0.5, 0.6) is 0 Å². The molecule has 5 rings (SSSR count). The first kappa shape index (κ1) is 20.1. The molecule has 1 aromatic heterocycles. The third-order valence-electron chi connectivity index (χ3n) is 6.08. The van der Waals surface area contributed by atoms with Gasteiger partial charge in [-0.15, -0.1) is 0 Å². The molecule has 1 aliphatic carbocycles. The molecule has 0 spiro atoms. The number of imide groups is 1. The minimum atomic E-state index is -0.717. The zero-order valence-electron chi connectivity index (χ0n) is 17.6. The van der Waals surface area contributed by atoms with Crippen LogP contribution in [0, 0.1) is 0 Å². The van der Waals surface area contributed by atoms with Gasteiger partial charge in [0.1, 0.15) is 6.04 Å². The zero-order valence-corrected chi connectivity index (χ0v) is 17.6. The molecule has 2 aliphatic rings. The second-order valence-corrected chi connectivity index (χ2v) is 8.24. The Balaban J connectivity index is 1.60. The van der Waals surface area contributed by atoms with Gasteiger partial charge in [0, 0.05) is 11.8 Å². The Morgan fingerprint density at radius 2 is 1.78 bits per heavy atom. The minimum absolute atomic E-state index is 0.218. The minimum Gasteiger partial charge on any atom is -0.340 e. The van der Waals surface area contributed by atoms with Crippen molar-refractivity contribution in [2.24, 2.45) is 0 Å². The van der Waals surface area contributed by atoms with E-state index in [0.29, 0.717) is 12.0 Å². The molecule has 2 aromatic carbocycles. The fourth-order valence-corrected chi connectivity index (χ4v) is 4.55. The summed E-state index contributed by atoms with van der Waals surface area (Å²) < 4.78 is 0. The van der Waals surface area contributed by atoms with Crippen LogP contribution in [0.3, 0.4) is 0 Å². The first-order chi connectivity index (χ1) is 15.6. The van der Waals surface area contributed by atoms with Crippen molar-refractivity contribution in [1.82, 2.24) is 15.6 Å². The Labute approximate surface area is 185 Å². The van der Waals surface area contributed by atoms with Crippen molar-refractivity contribution >= 4 is 40.3 Å². The number of nitrogens with zero attached hydrogens (tertiary/aromatic N) is 1. The van der Waals surface area contributed by atoms with Crippen LogP contribution >= 0.6 is 0 Å². The lowest BCUT2D eigenvalue weighted by atomic mass is 9.85. The van der Waals surface area contributed by atoms with Gasteiger partial charge in [0.15, 0.2) is 0 Å². The number of allylic oxidation sites excluding steroid dienone is 1. The highest BCUT2D eigenvalue weighted by Crippen LogP contribution is 2.36. The Morgan fingerprint density at radius 1 is 1.00 bits per heavy atom. The van der Waals surface area contributed by atoms with Gasteiger partial charge in [-0.3, -0.25) is 19.7 Å². The van der Waals surface area contributed by atoms with E-state index >= 15 is 0 Å².